The molecule has 0 spiro atoms. The van der Waals surface area contributed by atoms with E-state index in [9.17, 15) is 17.6 Å². The zero-order chi connectivity index (χ0) is 12.5. The number of halogens is 1. The summed E-state index contributed by atoms with van der Waals surface area (Å²) in [4.78, 5) is 12.0. The van der Waals surface area contributed by atoms with E-state index in [4.69, 9.17) is 0 Å². The van der Waals surface area contributed by atoms with E-state index in [1.54, 1.807) is 0 Å². The highest BCUT2D eigenvalue weighted by atomic mass is 32.2. The summed E-state index contributed by atoms with van der Waals surface area (Å²) in [5, 5.41) is 0. The lowest BCUT2D eigenvalue weighted by molar-refractivity contribution is 0.0912. The molecule has 0 unspecified atom stereocenters. The highest BCUT2D eigenvalue weighted by Crippen LogP contribution is 2.23. The molecule has 0 atom stereocenters. The standard InChI is InChI=1S/C12H13FO3S/c13-11-3-1-9(2-4-11)12(14)10-5-7-17(15,16)8-6-10/h1-4,10H,5-8H2. The molecule has 0 amide bonds. The van der Waals surface area contributed by atoms with Crippen molar-refractivity contribution in [3.05, 3.63) is 35.6 Å². The van der Waals surface area contributed by atoms with Crippen molar-refractivity contribution in [2.24, 2.45) is 5.92 Å². The maximum Gasteiger partial charge on any atom is 0.166 e. The van der Waals surface area contributed by atoms with Crippen LogP contribution in [0.3, 0.4) is 0 Å². The smallest absolute Gasteiger partial charge is 0.166 e. The van der Waals surface area contributed by atoms with Gasteiger partial charge in [0.2, 0.25) is 0 Å². The summed E-state index contributed by atoms with van der Waals surface area (Å²) in [6.45, 7) is 0. The third-order valence-corrected chi connectivity index (χ3v) is 4.77. The number of carbonyl (C=O) groups excluding carboxylic acids is 1. The van der Waals surface area contributed by atoms with Gasteiger partial charge >= 0.3 is 0 Å². The quantitative estimate of drug-likeness (QED) is 0.759. The summed E-state index contributed by atoms with van der Waals surface area (Å²) in [5.41, 5.74) is 0.454. The number of benzene rings is 1. The predicted molar refractivity (Wildman–Crippen MR) is 62.1 cm³/mol. The number of rotatable bonds is 2. The molecule has 1 aliphatic heterocycles. The fourth-order valence-electron chi connectivity index (χ4n) is 2.00. The predicted octanol–water partition coefficient (Wildman–Crippen LogP) is 1.83. The lowest BCUT2D eigenvalue weighted by Crippen LogP contribution is -2.28. The molecule has 5 heteroatoms. The first-order chi connectivity index (χ1) is 7.98. The van der Waals surface area contributed by atoms with Crippen molar-refractivity contribution in [1.82, 2.24) is 0 Å². The lowest BCUT2D eigenvalue weighted by atomic mass is 9.93. The van der Waals surface area contributed by atoms with Crippen LogP contribution in [-0.4, -0.2) is 25.7 Å². The Kier molecular flexibility index (Phi) is 3.28. The number of carbonyl (C=O) groups is 1. The Morgan fingerprint density at radius 2 is 1.65 bits per heavy atom. The van der Waals surface area contributed by atoms with Gasteiger partial charge in [-0.25, -0.2) is 12.8 Å². The summed E-state index contributed by atoms with van der Waals surface area (Å²) >= 11 is 0. The molecule has 1 aliphatic rings. The van der Waals surface area contributed by atoms with E-state index in [-0.39, 0.29) is 29.0 Å². The molecule has 1 aromatic carbocycles. The van der Waals surface area contributed by atoms with Crippen LogP contribution >= 0.6 is 0 Å². The van der Waals surface area contributed by atoms with Crippen LogP contribution in [0.25, 0.3) is 0 Å². The van der Waals surface area contributed by atoms with Gasteiger partial charge in [0.15, 0.2) is 5.78 Å². The van der Waals surface area contributed by atoms with Crippen molar-refractivity contribution in [2.75, 3.05) is 11.5 Å². The fourth-order valence-corrected chi connectivity index (χ4v) is 3.49. The molecule has 17 heavy (non-hydrogen) atoms. The van der Waals surface area contributed by atoms with Gasteiger partial charge in [-0.2, -0.15) is 0 Å². The van der Waals surface area contributed by atoms with Gasteiger partial charge in [-0.05, 0) is 37.1 Å². The monoisotopic (exact) mass is 256 g/mol. The Balaban J connectivity index is 2.09. The number of ketones is 1. The van der Waals surface area contributed by atoms with Gasteiger partial charge in [0.25, 0.3) is 0 Å². The molecule has 1 saturated heterocycles. The van der Waals surface area contributed by atoms with Crippen LogP contribution < -0.4 is 0 Å². The van der Waals surface area contributed by atoms with Crippen molar-refractivity contribution in [3.8, 4) is 0 Å². The van der Waals surface area contributed by atoms with Gasteiger partial charge in [0, 0.05) is 11.5 Å². The molecule has 0 aliphatic carbocycles. The van der Waals surface area contributed by atoms with Crippen molar-refractivity contribution < 1.29 is 17.6 Å². The van der Waals surface area contributed by atoms with Crippen LogP contribution in [0.1, 0.15) is 23.2 Å². The summed E-state index contributed by atoms with van der Waals surface area (Å²) in [6, 6.07) is 5.38. The second-order valence-electron chi connectivity index (χ2n) is 4.30. The molecule has 1 fully saturated rings. The Hall–Kier alpha value is -1.23. The molecule has 0 radical (unpaired) electrons. The molecule has 0 saturated carbocycles. The van der Waals surface area contributed by atoms with E-state index < -0.39 is 9.84 Å². The fraction of sp³-hybridized carbons (Fsp3) is 0.417. The SMILES string of the molecule is O=C(c1ccc(F)cc1)C1CCS(=O)(=O)CC1. The second kappa shape index (κ2) is 4.56. The summed E-state index contributed by atoms with van der Waals surface area (Å²) in [7, 11) is -2.95. The highest BCUT2D eigenvalue weighted by Gasteiger charge is 2.28. The Bertz CT molecular complexity index is 505. The van der Waals surface area contributed by atoms with Crippen molar-refractivity contribution in [1.29, 1.82) is 0 Å². The average Bonchev–Trinajstić information content (AvgIpc) is 2.29. The van der Waals surface area contributed by atoms with Crippen LogP contribution in [0.5, 0.6) is 0 Å². The lowest BCUT2D eigenvalue weighted by Gasteiger charge is -2.20. The van der Waals surface area contributed by atoms with Crippen molar-refractivity contribution >= 4 is 15.6 Å². The molecule has 1 aromatic rings. The van der Waals surface area contributed by atoms with E-state index in [0.717, 1.165) is 0 Å². The molecule has 2 rings (SSSR count). The average molecular weight is 256 g/mol. The van der Waals surface area contributed by atoms with Gasteiger partial charge in [-0.3, -0.25) is 4.79 Å². The number of Topliss-reactive ketones (excluding diaryl/α,β-unsaturated/α-hetero) is 1. The summed E-state index contributed by atoms with van der Waals surface area (Å²) in [6.07, 6.45) is 0.747. The van der Waals surface area contributed by atoms with Crippen molar-refractivity contribution in [2.45, 2.75) is 12.8 Å². The van der Waals surface area contributed by atoms with Gasteiger partial charge in [-0.1, -0.05) is 0 Å². The number of sulfone groups is 1. The van der Waals surface area contributed by atoms with Crippen LogP contribution in [-0.2, 0) is 9.84 Å². The molecule has 92 valence electrons. The molecule has 3 nitrogen and oxygen atoms in total. The zero-order valence-electron chi connectivity index (χ0n) is 9.23. The van der Waals surface area contributed by atoms with Gasteiger partial charge in [-0.15, -0.1) is 0 Å². The number of hydrogen-bond acceptors (Lipinski definition) is 3. The van der Waals surface area contributed by atoms with E-state index in [0.29, 0.717) is 18.4 Å². The van der Waals surface area contributed by atoms with Crippen LogP contribution in [0.15, 0.2) is 24.3 Å². The maximum atomic E-state index is 12.7. The van der Waals surface area contributed by atoms with Gasteiger partial charge < -0.3 is 0 Å². The molecular formula is C12H13FO3S. The molecular weight excluding hydrogens is 243 g/mol. The van der Waals surface area contributed by atoms with Crippen LogP contribution in [0.4, 0.5) is 4.39 Å². The first-order valence-electron chi connectivity index (χ1n) is 5.48. The van der Waals surface area contributed by atoms with E-state index in [1.165, 1.54) is 24.3 Å². The Morgan fingerprint density at radius 1 is 1.12 bits per heavy atom. The molecule has 0 aromatic heterocycles. The second-order valence-corrected chi connectivity index (χ2v) is 6.60. The Labute approximate surface area is 99.6 Å². The molecule has 0 N–H and O–H groups in total. The Morgan fingerprint density at radius 3 is 2.18 bits per heavy atom. The van der Waals surface area contributed by atoms with E-state index in [2.05, 4.69) is 0 Å². The van der Waals surface area contributed by atoms with Crippen molar-refractivity contribution in [3.63, 3.8) is 0 Å². The molecule has 0 bridgehead atoms. The third-order valence-electron chi connectivity index (χ3n) is 3.05. The van der Waals surface area contributed by atoms with E-state index in [1.807, 2.05) is 0 Å². The van der Waals surface area contributed by atoms with Gasteiger partial charge in [0.05, 0.1) is 11.5 Å². The minimum absolute atomic E-state index is 0.0740. The summed E-state index contributed by atoms with van der Waals surface area (Å²) < 4.78 is 35.2. The molecule has 1 heterocycles. The first kappa shape index (κ1) is 12.2. The summed E-state index contributed by atoms with van der Waals surface area (Å²) in [5.74, 6) is -0.563. The first-order valence-corrected chi connectivity index (χ1v) is 7.30. The van der Waals surface area contributed by atoms with Crippen LogP contribution in [0.2, 0.25) is 0 Å². The largest absolute Gasteiger partial charge is 0.294 e. The minimum Gasteiger partial charge on any atom is -0.294 e. The number of hydrogen-bond donors (Lipinski definition) is 0. The van der Waals surface area contributed by atoms with Gasteiger partial charge in [0.1, 0.15) is 15.7 Å². The maximum absolute atomic E-state index is 12.7. The van der Waals surface area contributed by atoms with E-state index >= 15 is 0 Å². The minimum atomic E-state index is -2.95. The topological polar surface area (TPSA) is 51.2 Å². The van der Waals surface area contributed by atoms with Crippen LogP contribution in [0, 0.1) is 11.7 Å². The highest BCUT2D eigenvalue weighted by molar-refractivity contribution is 7.91. The third kappa shape index (κ3) is 2.91. The zero-order valence-corrected chi connectivity index (χ0v) is 10.0. The normalized spacial score (nSPS) is 20.1.